The molecular weight excluding hydrogens is 794 g/mol. The summed E-state index contributed by atoms with van der Waals surface area (Å²) in [6.45, 7) is 2.54. The Morgan fingerprint density at radius 2 is 0.902 bits per heavy atom. The maximum Gasteiger partial charge on any atom is 0.472 e. The second kappa shape index (κ2) is 43.8. The van der Waals surface area contributed by atoms with Crippen molar-refractivity contribution in [2.75, 3.05) is 19.8 Å². The second-order valence-electron chi connectivity index (χ2n) is 15.9. The van der Waals surface area contributed by atoms with Gasteiger partial charge in [0.05, 0.1) is 13.2 Å². The summed E-state index contributed by atoms with van der Waals surface area (Å²) in [5.74, 6) is -2.40. The lowest BCUT2D eigenvalue weighted by Crippen LogP contribution is -2.43. The zero-order valence-corrected chi connectivity index (χ0v) is 39.1. The zero-order chi connectivity index (χ0) is 44.9. The molecule has 0 aliphatic rings. The highest BCUT2D eigenvalue weighted by Crippen LogP contribution is 2.43. The number of carboxylic acids is 1. The van der Waals surface area contributed by atoms with Gasteiger partial charge in [-0.25, -0.2) is 9.36 Å². The van der Waals surface area contributed by atoms with E-state index >= 15 is 0 Å². The molecule has 0 saturated carbocycles. The Balaban J connectivity index is 3.91. The number of aliphatic carboxylic acids is 1. The highest BCUT2D eigenvalue weighted by atomic mass is 31.2. The van der Waals surface area contributed by atoms with E-state index in [0.717, 1.165) is 83.5 Å². The van der Waals surface area contributed by atoms with Crippen molar-refractivity contribution in [3.63, 3.8) is 0 Å². The summed E-state index contributed by atoms with van der Waals surface area (Å²) in [6.07, 6.45) is 50.9. The van der Waals surface area contributed by atoms with Crippen LogP contribution in [-0.2, 0) is 32.7 Å². The number of carbonyl (C=O) groups excluding carboxylic acids is 2. The van der Waals surface area contributed by atoms with Crippen LogP contribution in [0.25, 0.3) is 0 Å². The van der Waals surface area contributed by atoms with Crippen LogP contribution in [0.15, 0.2) is 60.8 Å². The summed E-state index contributed by atoms with van der Waals surface area (Å²) in [5.41, 5.74) is 0. The average molecular weight is 880 g/mol. The number of allylic oxidation sites excluding steroid dienone is 10. The molecule has 3 unspecified atom stereocenters. The minimum absolute atomic E-state index is 0.128. The number of carboxylic acid groups (broad SMARTS) is 1. The van der Waals surface area contributed by atoms with Crippen LogP contribution in [-0.4, -0.2) is 64.9 Å². The van der Waals surface area contributed by atoms with Crippen molar-refractivity contribution in [2.24, 2.45) is 0 Å². The van der Waals surface area contributed by atoms with E-state index in [1.54, 1.807) is 0 Å². The smallest absolute Gasteiger partial charge is 0.472 e. The summed E-state index contributed by atoms with van der Waals surface area (Å²) in [5, 5.41) is 21.9. The van der Waals surface area contributed by atoms with Crippen LogP contribution >= 0.6 is 7.82 Å². The van der Waals surface area contributed by atoms with Crippen LogP contribution in [0.3, 0.4) is 0 Å². The molecule has 4 N–H and O–H groups in total. The van der Waals surface area contributed by atoms with Gasteiger partial charge in [0.25, 0.3) is 0 Å². The van der Waals surface area contributed by atoms with Gasteiger partial charge in [-0.2, -0.15) is 0 Å². The van der Waals surface area contributed by atoms with Crippen molar-refractivity contribution >= 4 is 25.7 Å². The van der Waals surface area contributed by atoms with Gasteiger partial charge in [0.1, 0.15) is 12.7 Å². The van der Waals surface area contributed by atoms with E-state index in [0.29, 0.717) is 12.8 Å². The first-order chi connectivity index (χ1) is 29.6. The minimum atomic E-state index is -4.77. The Bertz CT molecular complexity index is 1260. The van der Waals surface area contributed by atoms with Gasteiger partial charge in [-0.1, -0.05) is 164 Å². The number of amides is 1. The maximum atomic E-state index is 12.3. The fourth-order valence-corrected chi connectivity index (χ4v) is 7.07. The first kappa shape index (κ1) is 58.2. The number of hydrogen-bond donors (Lipinski definition) is 4. The van der Waals surface area contributed by atoms with Gasteiger partial charge in [-0.05, 0) is 83.5 Å². The molecule has 12 heteroatoms. The fourth-order valence-electron chi connectivity index (χ4n) is 6.29. The third-order valence-corrected chi connectivity index (χ3v) is 11.0. The molecule has 0 rings (SSSR count). The summed E-state index contributed by atoms with van der Waals surface area (Å²) in [7, 11) is -4.77. The van der Waals surface area contributed by atoms with E-state index in [4.69, 9.17) is 13.8 Å². The number of rotatable bonds is 44. The van der Waals surface area contributed by atoms with Crippen LogP contribution in [0.5, 0.6) is 0 Å². The molecule has 0 fully saturated rings. The highest BCUT2D eigenvalue weighted by molar-refractivity contribution is 7.47. The lowest BCUT2D eigenvalue weighted by atomic mass is 10.1. The van der Waals surface area contributed by atoms with Gasteiger partial charge < -0.3 is 25.2 Å². The third-order valence-electron chi connectivity index (χ3n) is 10.0. The molecule has 0 aromatic carbocycles. The summed E-state index contributed by atoms with van der Waals surface area (Å²) >= 11 is 0. The Hall–Kier alpha value is -2.82. The normalized spacial score (nSPS) is 14.2. The van der Waals surface area contributed by atoms with E-state index in [9.17, 15) is 34.1 Å². The van der Waals surface area contributed by atoms with Gasteiger partial charge >= 0.3 is 19.8 Å². The van der Waals surface area contributed by atoms with Gasteiger partial charge in [0.2, 0.25) is 5.91 Å². The molecule has 1 amide bonds. The minimum Gasteiger partial charge on any atom is -0.480 e. The molecule has 0 heterocycles. The van der Waals surface area contributed by atoms with Crippen LogP contribution in [0.4, 0.5) is 0 Å². The maximum absolute atomic E-state index is 12.3. The molecule has 0 saturated heterocycles. The molecule has 0 aromatic heterocycles. The quantitative estimate of drug-likeness (QED) is 0.0200. The van der Waals surface area contributed by atoms with Crippen molar-refractivity contribution in [1.82, 2.24) is 5.32 Å². The molecule has 11 nitrogen and oxygen atoms in total. The molecule has 0 radical (unpaired) electrons. The number of hydrogen-bond acceptors (Lipinski definition) is 8. The van der Waals surface area contributed by atoms with Crippen molar-refractivity contribution < 1.29 is 47.8 Å². The molecule has 0 aliphatic carbocycles. The number of phosphoric ester groups is 1. The van der Waals surface area contributed by atoms with Crippen molar-refractivity contribution in [2.45, 2.75) is 212 Å². The lowest BCUT2D eigenvalue weighted by Gasteiger charge is -2.18. The fraction of sp³-hybridized carbons (Fsp3) is 0.735. The highest BCUT2D eigenvalue weighted by Gasteiger charge is 2.28. The van der Waals surface area contributed by atoms with Gasteiger partial charge in [-0.3, -0.25) is 18.6 Å². The molecule has 0 spiro atoms. The lowest BCUT2D eigenvalue weighted by molar-refractivity contribution is -0.147. The summed E-state index contributed by atoms with van der Waals surface area (Å²) < 4.78 is 26.9. The van der Waals surface area contributed by atoms with E-state index < -0.39 is 57.6 Å². The molecular formula is C49H86NO10P. The largest absolute Gasteiger partial charge is 0.480 e. The van der Waals surface area contributed by atoms with Gasteiger partial charge in [0.15, 0.2) is 6.04 Å². The first-order valence-electron chi connectivity index (χ1n) is 23.8. The molecule has 0 aliphatic heterocycles. The topological polar surface area (TPSA) is 169 Å². The third kappa shape index (κ3) is 43.6. The molecule has 3 atom stereocenters. The predicted molar refractivity (Wildman–Crippen MR) is 249 cm³/mol. The van der Waals surface area contributed by atoms with E-state index in [1.807, 2.05) is 0 Å². The monoisotopic (exact) mass is 880 g/mol. The van der Waals surface area contributed by atoms with E-state index in [2.05, 4.69) is 79.9 Å². The Labute approximate surface area is 370 Å². The Morgan fingerprint density at radius 1 is 0.525 bits per heavy atom. The first-order valence-corrected chi connectivity index (χ1v) is 25.3. The number of ether oxygens (including phenoxy) is 1. The Morgan fingerprint density at radius 3 is 1.38 bits per heavy atom. The average Bonchev–Trinajstić information content (AvgIpc) is 3.24. The second-order valence-corrected chi connectivity index (χ2v) is 17.4. The van der Waals surface area contributed by atoms with Crippen molar-refractivity contribution in [1.29, 1.82) is 0 Å². The standard InChI is InChI=1S/C49H86NO10P/c1-3-5-7-9-11-13-15-17-19-21-23-24-26-28-30-32-34-36-38-40-47(52)50-46(49(54)55)44-60-61(56,57)59-43-45(51)42-58-48(53)41-39-37-35-33-31-29-27-25-22-20-18-16-14-12-10-8-6-4-2/h11,13-14,16-17,19-20,22-24,45-46,51H,3-10,12,15,18,21,25-44H2,1-2H3,(H,50,52)(H,54,55)(H,56,57)/b13-11-,16-14-,19-17-,22-20-,24-23-. The van der Waals surface area contributed by atoms with E-state index in [-0.39, 0.29) is 12.8 Å². The van der Waals surface area contributed by atoms with Crippen LogP contribution in [0, 0.1) is 0 Å². The molecule has 61 heavy (non-hydrogen) atoms. The van der Waals surface area contributed by atoms with Gasteiger partial charge in [0, 0.05) is 12.8 Å². The number of unbranched alkanes of at least 4 members (excludes halogenated alkanes) is 20. The van der Waals surface area contributed by atoms with Crippen LogP contribution in [0.2, 0.25) is 0 Å². The number of nitrogens with one attached hydrogen (secondary N) is 1. The molecule has 0 aromatic rings. The number of carbonyl (C=O) groups is 3. The van der Waals surface area contributed by atoms with Crippen LogP contribution < -0.4 is 5.32 Å². The van der Waals surface area contributed by atoms with Crippen LogP contribution in [0.1, 0.15) is 200 Å². The van der Waals surface area contributed by atoms with E-state index in [1.165, 1.54) is 77.0 Å². The Kier molecular flexibility index (Phi) is 41.8. The zero-order valence-electron chi connectivity index (χ0n) is 38.2. The predicted octanol–water partition coefficient (Wildman–Crippen LogP) is 12.7. The number of esters is 1. The van der Waals surface area contributed by atoms with Crippen molar-refractivity contribution in [3.8, 4) is 0 Å². The molecule has 352 valence electrons. The number of aliphatic hydroxyl groups is 1. The SMILES string of the molecule is CCCCC/C=C\C/C=C\C/C=C\CCCCCCCCC(=O)NC(COP(=O)(O)OCC(O)COC(=O)CCCCCCCCC/C=C\C/C=C\CCCCCC)C(=O)O. The summed E-state index contributed by atoms with van der Waals surface area (Å²) in [6, 6.07) is -1.56. The molecule has 0 bridgehead atoms. The van der Waals surface area contributed by atoms with Gasteiger partial charge in [-0.15, -0.1) is 0 Å². The number of phosphoric acid groups is 1. The number of aliphatic hydroxyl groups excluding tert-OH is 1. The van der Waals surface area contributed by atoms with Crippen molar-refractivity contribution in [3.05, 3.63) is 60.8 Å². The summed E-state index contributed by atoms with van der Waals surface area (Å²) in [4.78, 5) is 46.0.